The van der Waals surface area contributed by atoms with Crippen molar-refractivity contribution in [3.8, 4) is 33.8 Å². The lowest BCUT2D eigenvalue weighted by molar-refractivity contribution is 0.111. The molecular formula is C50H63N5O9S2. The zero-order valence-corrected chi connectivity index (χ0v) is 39.5. The van der Waals surface area contributed by atoms with Gasteiger partial charge in [-0.05, 0) is 114 Å². The van der Waals surface area contributed by atoms with Crippen LogP contribution in [-0.4, -0.2) is 59.6 Å². The van der Waals surface area contributed by atoms with Gasteiger partial charge in [0.1, 0.15) is 11.5 Å². The van der Waals surface area contributed by atoms with Gasteiger partial charge in [-0.15, -0.1) is 0 Å². The van der Waals surface area contributed by atoms with Crippen molar-refractivity contribution in [2.75, 3.05) is 11.1 Å². The van der Waals surface area contributed by atoms with Crippen LogP contribution < -0.4 is 20.5 Å². The average Bonchev–Trinajstić information content (AvgIpc) is 3.24. The van der Waals surface area contributed by atoms with Gasteiger partial charge in [-0.2, -0.15) is 0 Å². The number of rotatable bonds is 12. The molecule has 14 nitrogen and oxygen atoms in total. The van der Waals surface area contributed by atoms with Gasteiger partial charge in [0.05, 0.1) is 34.3 Å². The number of aliphatic hydroxyl groups is 2. The second kappa shape index (κ2) is 22.9. The van der Waals surface area contributed by atoms with E-state index in [0.717, 1.165) is 16.8 Å². The molecule has 0 unspecified atom stereocenters. The maximum Gasteiger partial charge on any atom is 0.241 e. The van der Waals surface area contributed by atoms with Gasteiger partial charge in [-0.1, -0.05) is 80.2 Å². The number of phenols is 1. The molecule has 0 aliphatic heterocycles. The molecule has 0 saturated heterocycles. The normalized spacial score (nSPS) is 11.5. The minimum absolute atomic E-state index is 0. The van der Waals surface area contributed by atoms with Crippen molar-refractivity contribution in [2.45, 2.75) is 103 Å². The predicted molar refractivity (Wildman–Crippen MR) is 263 cm³/mol. The number of anilines is 2. The van der Waals surface area contributed by atoms with Crippen LogP contribution in [0.2, 0.25) is 0 Å². The van der Waals surface area contributed by atoms with Crippen LogP contribution in [-0.2, 0) is 39.8 Å². The summed E-state index contributed by atoms with van der Waals surface area (Å²) in [5.41, 5.74) is 11.6. The summed E-state index contributed by atoms with van der Waals surface area (Å²) in [5.74, 6) is 0.00134. The van der Waals surface area contributed by atoms with E-state index in [-0.39, 0.29) is 54.0 Å². The molecule has 1 heterocycles. The van der Waals surface area contributed by atoms with E-state index in [1.165, 1.54) is 0 Å². The second-order valence-electron chi connectivity index (χ2n) is 17.2. The standard InChI is InChI=1S/C24H29N3O4S.C16H20N2O2S.C9H10O3.CH4/c1-16-23(29)21(18(15-28)13-25-16)14-26-19-9-7-8-17(12-19)20-10-5-6-11-22(20)32(30,31)27-24(2,3)4;1-16(2,3)18-21(19,20)15-10-5-4-9-14(15)12-7-6-8-13(17)11-12;1-6-2-3-7(4-10)8(5-11)9(6)12;/h5-13,26-29H,14-15H2,1-4H3;4-11,18H,17H2,1-3H3;2-3,5,10,12H,4H2,1H3;1H4. The van der Waals surface area contributed by atoms with Gasteiger partial charge >= 0.3 is 0 Å². The van der Waals surface area contributed by atoms with Crippen LogP contribution in [0.25, 0.3) is 22.3 Å². The number of carbonyl (C=O) groups is 1. The summed E-state index contributed by atoms with van der Waals surface area (Å²) in [7, 11) is -7.32. The van der Waals surface area contributed by atoms with E-state index in [9.17, 15) is 36.9 Å². The molecule has 9 N–H and O–H groups in total. The number of nitrogens with zero attached hydrogens (tertiary/aromatic N) is 1. The third-order valence-electron chi connectivity index (χ3n) is 9.47. The number of carbonyl (C=O) groups excluding carboxylic acids is 1. The van der Waals surface area contributed by atoms with Crippen molar-refractivity contribution in [3.63, 3.8) is 0 Å². The highest BCUT2D eigenvalue weighted by Crippen LogP contribution is 2.32. The monoisotopic (exact) mass is 941 g/mol. The molecule has 0 amide bonds. The van der Waals surface area contributed by atoms with Crippen molar-refractivity contribution >= 4 is 37.7 Å². The van der Waals surface area contributed by atoms with Crippen LogP contribution in [0, 0.1) is 13.8 Å². The number of aliphatic hydroxyl groups excluding tert-OH is 2. The number of aromatic nitrogens is 1. The van der Waals surface area contributed by atoms with Gasteiger partial charge in [0.15, 0.2) is 6.29 Å². The van der Waals surface area contributed by atoms with Gasteiger partial charge in [0.25, 0.3) is 0 Å². The zero-order valence-electron chi connectivity index (χ0n) is 37.8. The molecule has 354 valence electrons. The molecule has 16 heteroatoms. The quantitative estimate of drug-likeness (QED) is 0.0425. The lowest BCUT2D eigenvalue weighted by atomic mass is 10.0. The highest BCUT2D eigenvalue weighted by Gasteiger charge is 2.26. The Hall–Kier alpha value is -6.14. The number of pyridine rings is 1. The number of aldehydes is 1. The van der Waals surface area contributed by atoms with Gasteiger partial charge < -0.3 is 31.5 Å². The minimum atomic E-state index is -3.72. The molecule has 6 rings (SSSR count). The lowest BCUT2D eigenvalue weighted by Gasteiger charge is -2.21. The predicted octanol–water partition coefficient (Wildman–Crippen LogP) is 8.60. The third-order valence-corrected chi connectivity index (χ3v) is 13.1. The fourth-order valence-corrected chi connectivity index (χ4v) is 9.83. The van der Waals surface area contributed by atoms with Crippen molar-refractivity contribution in [1.82, 2.24) is 14.4 Å². The summed E-state index contributed by atoms with van der Waals surface area (Å²) in [6, 6.07) is 31.7. The summed E-state index contributed by atoms with van der Waals surface area (Å²) in [4.78, 5) is 15.0. The first-order valence-electron chi connectivity index (χ1n) is 20.5. The smallest absolute Gasteiger partial charge is 0.241 e. The second-order valence-corrected chi connectivity index (χ2v) is 20.5. The SMILES string of the molecule is C.CC(C)(C)NS(=O)(=O)c1ccccc1-c1cccc(N)c1.Cc1ccc(CO)c(C=O)c1O.Cc1ncc(CO)c(CNc2cccc(-c3ccccc3S(=O)(=O)NC(C)(C)C)c2)c1O. The number of hydrogen-bond acceptors (Lipinski definition) is 12. The van der Waals surface area contributed by atoms with E-state index >= 15 is 0 Å². The fourth-order valence-electron chi connectivity index (χ4n) is 6.53. The molecule has 0 aliphatic rings. The van der Waals surface area contributed by atoms with E-state index < -0.39 is 31.1 Å². The molecule has 0 aliphatic carbocycles. The summed E-state index contributed by atoms with van der Waals surface area (Å²) in [5, 5.41) is 41.3. The zero-order chi connectivity index (χ0) is 48.3. The lowest BCUT2D eigenvalue weighted by Crippen LogP contribution is -2.40. The topological polar surface area (TPSA) is 241 Å². The van der Waals surface area contributed by atoms with Gasteiger partial charge in [0, 0.05) is 57.4 Å². The first-order chi connectivity index (χ1) is 30.4. The Balaban J connectivity index is 0.000000291. The van der Waals surface area contributed by atoms with Gasteiger partial charge in [0.2, 0.25) is 20.0 Å². The van der Waals surface area contributed by atoms with Gasteiger partial charge in [-0.25, -0.2) is 26.3 Å². The first-order valence-corrected chi connectivity index (χ1v) is 23.5. The molecule has 5 aromatic carbocycles. The fraction of sp³-hybridized carbons (Fsp3) is 0.280. The van der Waals surface area contributed by atoms with Crippen LogP contribution in [0.4, 0.5) is 11.4 Å². The minimum Gasteiger partial charge on any atom is -0.507 e. The highest BCUT2D eigenvalue weighted by molar-refractivity contribution is 7.90. The van der Waals surface area contributed by atoms with E-state index in [4.69, 9.17) is 10.8 Å². The molecule has 0 saturated carbocycles. The van der Waals surface area contributed by atoms with Crippen LogP contribution in [0.1, 0.15) is 87.3 Å². The Labute approximate surface area is 389 Å². The van der Waals surface area contributed by atoms with Crippen LogP contribution in [0.3, 0.4) is 0 Å². The summed E-state index contributed by atoms with van der Waals surface area (Å²) < 4.78 is 56.5. The Bertz CT molecular complexity index is 2840. The van der Waals surface area contributed by atoms with E-state index in [2.05, 4.69) is 19.7 Å². The molecule has 6 aromatic rings. The number of nitrogen functional groups attached to an aromatic ring is 1. The van der Waals surface area contributed by atoms with E-state index in [0.29, 0.717) is 51.0 Å². The molecule has 66 heavy (non-hydrogen) atoms. The summed E-state index contributed by atoms with van der Waals surface area (Å²) in [6.45, 7) is 14.0. The summed E-state index contributed by atoms with van der Waals surface area (Å²) in [6.07, 6.45) is 2.10. The molecule has 0 bridgehead atoms. The molecule has 0 fully saturated rings. The number of aromatic hydroxyl groups is 2. The number of hydrogen-bond donors (Lipinski definition) is 8. The molecule has 0 spiro atoms. The number of sulfonamides is 2. The number of benzene rings is 5. The summed E-state index contributed by atoms with van der Waals surface area (Å²) >= 11 is 0. The Morgan fingerprint density at radius 2 is 1.15 bits per heavy atom. The maximum absolute atomic E-state index is 13.0. The number of aryl methyl sites for hydroxylation is 2. The Morgan fingerprint density at radius 3 is 1.64 bits per heavy atom. The van der Waals surface area contributed by atoms with Crippen LogP contribution in [0.15, 0.2) is 125 Å². The molecular weight excluding hydrogens is 879 g/mol. The number of phenolic OH excluding ortho intramolecular Hbond substituents is 1. The van der Waals surface area contributed by atoms with Gasteiger partial charge in [-0.3, -0.25) is 9.78 Å². The van der Waals surface area contributed by atoms with Crippen molar-refractivity contribution in [3.05, 3.63) is 149 Å². The van der Waals surface area contributed by atoms with E-state index in [1.807, 2.05) is 63.2 Å². The molecule has 0 radical (unpaired) electrons. The van der Waals surface area contributed by atoms with Crippen molar-refractivity contribution < 1.29 is 42.1 Å². The number of nitrogens with one attached hydrogen (secondary N) is 3. The largest absolute Gasteiger partial charge is 0.507 e. The number of nitrogens with two attached hydrogens (primary N) is 1. The van der Waals surface area contributed by atoms with Crippen molar-refractivity contribution in [2.24, 2.45) is 0 Å². The van der Waals surface area contributed by atoms with E-state index in [1.54, 1.807) is 108 Å². The van der Waals surface area contributed by atoms with Crippen LogP contribution >= 0.6 is 0 Å². The first kappa shape index (κ1) is 54.2. The maximum atomic E-state index is 13.0. The van der Waals surface area contributed by atoms with Crippen LogP contribution in [0.5, 0.6) is 11.5 Å². The Morgan fingerprint density at radius 1 is 0.652 bits per heavy atom. The highest BCUT2D eigenvalue weighted by atomic mass is 32.2. The third kappa shape index (κ3) is 14.7. The van der Waals surface area contributed by atoms with Crippen molar-refractivity contribution in [1.29, 1.82) is 0 Å². The Kier molecular flexibility index (Phi) is 18.8. The average molecular weight is 942 g/mol. The molecule has 0 atom stereocenters. The molecule has 1 aromatic heterocycles.